The minimum atomic E-state index is -0.445. The molecule has 16 nitrogen and oxygen atoms in total. The number of hydrogen-bond donors (Lipinski definition) is 8. The van der Waals surface area contributed by atoms with Crippen molar-refractivity contribution in [2.24, 2.45) is 0 Å². The third-order valence-electron chi connectivity index (χ3n) is 13.5. The largest absolute Gasteiger partial charge is 0.507 e. The van der Waals surface area contributed by atoms with Gasteiger partial charge in [0.1, 0.15) is 88.3 Å². The number of carbonyl (C=O) groups is 4. The Kier molecular flexibility index (Phi) is 33.0. The molecule has 0 amide bonds. The highest BCUT2D eigenvalue weighted by Crippen LogP contribution is 2.47. The first-order valence-electron chi connectivity index (χ1n) is 29.4. The normalized spacial score (nSPS) is 11.7. The van der Waals surface area contributed by atoms with Gasteiger partial charge in [-0.05, 0) is 76.8 Å². The number of aromatic hydroxyl groups is 8. The number of ketones is 4. The van der Waals surface area contributed by atoms with Crippen molar-refractivity contribution in [1.29, 1.82) is 0 Å². The lowest BCUT2D eigenvalue weighted by Crippen LogP contribution is -2.11. The summed E-state index contributed by atoms with van der Waals surface area (Å²) in [6, 6.07) is 14.0. The maximum Gasteiger partial charge on any atom is 0.170 e. The van der Waals surface area contributed by atoms with Crippen molar-refractivity contribution < 1.29 is 79.0 Å². The zero-order valence-corrected chi connectivity index (χ0v) is 52.6. The van der Waals surface area contributed by atoms with E-state index in [1.807, 2.05) is 40.7 Å². The number of rotatable bonds is 30. The second-order valence-corrected chi connectivity index (χ2v) is 21.8. The number of halogens is 4. The van der Waals surface area contributed by atoms with Gasteiger partial charge in [-0.25, -0.2) is 0 Å². The monoisotopic (exact) mass is 1260 g/mol. The van der Waals surface area contributed by atoms with Crippen molar-refractivity contribution >= 4 is 69.5 Å². The molecule has 0 atom stereocenters. The maximum atomic E-state index is 12.2. The molecular weight excluding hydrogens is 1180 g/mol. The molecule has 85 heavy (non-hydrogen) atoms. The number of unbranched alkanes of at least 4 members (excludes halogenated alkanes) is 9. The predicted molar refractivity (Wildman–Crippen MR) is 334 cm³/mol. The molecular formula is C65H84Cl4O16. The van der Waals surface area contributed by atoms with Crippen molar-refractivity contribution in [3.63, 3.8) is 0 Å². The fraction of sp³-hybridized carbons (Fsp3) is 0.477. The van der Waals surface area contributed by atoms with Crippen molar-refractivity contribution in [2.75, 3.05) is 13.2 Å². The Balaban J connectivity index is 0.000000298. The standard InChI is InChI=1S/C18H19ClO4.C17H23ClO4.C16H23ClO4.C14H19ClO4/c1-2-3-5-10-13(20)16-14(21)11-15(17(19)18(16)22)23-12-8-6-4-7-9-12;1-2-3-4-9-12(19)15-13(20)10-14(16(18)17(15)21)22-11-7-5-6-8-11;1-3-5-7-8-11(18)14-12(19)10-13(15(17)16(14)20)21-9-6-4-2;1-3-5-6-7-9(16)12-10(17)8-11(19-4-2)13(15)14(12)18/h4,6-9,11,21-22H,2-3,5,10H2,1H3;10-11,20-21H,2-9H2,1H3;10,19-20H,3-9H2,1-2H3;8,17-18H,3-7H2,1-2H3. The molecule has 5 aromatic rings. The van der Waals surface area contributed by atoms with E-state index in [-0.39, 0.29) is 149 Å². The Bertz CT molecular complexity index is 2940. The summed E-state index contributed by atoms with van der Waals surface area (Å²) in [5.74, 6) is -2.84. The smallest absolute Gasteiger partial charge is 0.170 e. The van der Waals surface area contributed by atoms with E-state index in [0.717, 1.165) is 109 Å². The van der Waals surface area contributed by atoms with Gasteiger partial charge < -0.3 is 59.8 Å². The summed E-state index contributed by atoms with van der Waals surface area (Å²) in [7, 11) is 0. The van der Waals surface area contributed by atoms with Gasteiger partial charge in [-0.15, -0.1) is 0 Å². The number of ether oxygens (including phenoxy) is 4. The summed E-state index contributed by atoms with van der Waals surface area (Å²) in [5, 5.41) is 80.1. The number of hydrogen-bond acceptors (Lipinski definition) is 16. The first-order chi connectivity index (χ1) is 40.6. The average molecular weight is 1260 g/mol. The van der Waals surface area contributed by atoms with Crippen LogP contribution in [0.15, 0.2) is 54.6 Å². The van der Waals surface area contributed by atoms with Crippen LogP contribution in [0.3, 0.4) is 0 Å². The number of Topliss-reactive ketones (excluding diaryl/α,β-unsaturated/α-hetero) is 4. The molecule has 0 aliphatic heterocycles. The fourth-order valence-electron chi connectivity index (χ4n) is 8.82. The van der Waals surface area contributed by atoms with Gasteiger partial charge in [0.25, 0.3) is 0 Å². The quantitative estimate of drug-likeness (QED) is 0.0157. The van der Waals surface area contributed by atoms with Crippen molar-refractivity contribution in [3.8, 4) is 74.7 Å². The minimum absolute atomic E-state index is 0.00328. The summed E-state index contributed by atoms with van der Waals surface area (Å²) in [6.45, 7) is 12.7. The van der Waals surface area contributed by atoms with E-state index in [0.29, 0.717) is 25.4 Å². The summed E-state index contributed by atoms with van der Waals surface area (Å²) < 4.78 is 21.9. The lowest BCUT2D eigenvalue weighted by molar-refractivity contribution is 0.0964. The van der Waals surface area contributed by atoms with E-state index in [1.54, 1.807) is 31.2 Å². The Morgan fingerprint density at radius 1 is 0.424 bits per heavy atom. The predicted octanol–water partition coefficient (Wildman–Crippen LogP) is 18.7. The molecule has 5 aromatic carbocycles. The second-order valence-electron chi connectivity index (χ2n) is 20.3. The molecule has 0 radical (unpaired) electrons. The first-order valence-corrected chi connectivity index (χ1v) is 30.9. The Labute approximate surface area is 519 Å². The van der Waals surface area contributed by atoms with E-state index < -0.39 is 17.2 Å². The van der Waals surface area contributed by atoms with Crippen LogP contribution in [0.1, 0.15) is 224 Å². The van der Waals surface area contributed by atoms with Crippen LogP contribution in [0, 0.1) is 0 Å². The maximum absolute atomic E-state index is 12.2. The van der Waals surface area contributed by atoms with Crippen molar-refractivity contribution in [3.05, 3.63) is 96.9 Å². The molecule has 0 saturated heterocycles. The van der Waals surface area contributed by atoms with Crippen LogP contribution in [-0.4, -0.2) is 83.3 Å². The van der Waals surface area contributed by atoms with Gasteiger partial charge in [0.2, 0.25) is 0 Å². The molecule has 0 bridgehead atoms. The van der Waals surface area contributed by atoms with Crippen molar-refractivity contribution in [1.82, 2.24) is 0 Å². The van der Waals surface area contributed by atoms with E-state index >= 15 is 0 Å². The third kappa shape index (κ3) is 22.4. The van der Waals surface area contributed by atoms with Gasteiger partial charge in [0.05, 0.1) is 19.3 Å². The first kappa shape index (κ1) is 72.8. The fourth-order valence-corrected chi connectivity index (χ4v) is 9.61. The molecule has 1 aliphatic carbocycles. The molecule has 1 aliphatic rings. The van der Waals surface area contributed by atoms with Crippen LogP contribution >= 0.6 is 46.4 Å². The van der Waals surface area contributed by atoms with Gasteiger partial charge in [-0.1, -0.05) is 157 Å². The van der Waals surface area contributed by atoms with E-state index in [9.17, 15) is 60.0 Å². The molecule has 6 rings (SSSR count). The van der Waals surface area contributed by atoms with E-state index in [1.165, 1.54) is 24.3 Å². The molecule has 8 N–H and O–H groups in total. The van der Waals surface area contributed by atoms with E-state index in [4.69, 9.17) is 65.4 Å². The number of phenols is 8. The highest BCUT2D eigenvalue weighted by atomic mass is 35.5. The van der Waals surface area contributed by atoms with Crippen LogP contribution in [0.5, 0.6) is 74.7 Å². The van der Waals surface area contributed by atoms with Gasteiger partial charge in [-0.3, -0.25) is 19.2 Å². The molecule has 1 fully saturated rings. The summed E-state index contributed by atoms with van der Waals surface area (Å²) >= 11 is 24.1. The van der Waals surface area contributed by atoms with Crippen LogP contribution in [0.25, 0.3) is 0 Å². The minimum Gasteiger partial charge on any atom is -0.507 e. The van der Waals surface area contributed by atoms with Crippen LogP contribution in [0.4, 0.5) is 0 Å². The molecule has 0 unspecified atom stereocenters. The highest BCUT2D eigenvalue weighted by Gasteiger charge is 2.27. The lowest BCUT2D eigenvalue weighted by Gasteiger charge is -2.17. The molecule has 0 heterocycles. The summed E-state index contributed by atoms with van der Waals surface area (Å²) in [6.07, 6.45) is 17.6. The summed E-state index contributed by atoms with van der Waals surface area (Å²) in [4.78, 5) is 48.3. The number of para-hydroxylation sites is 1. The van der Waals surface area contributed by atoms with Gasteiger partial charge in [0.15, 0.2) is 51.9 Å². The van der Waals surface area contributed by atoms with Gasteiger partial charge in [-0.2, -0.15) is 0 Å². The lowest BCUT2D eigenvalue weighted by atomic mass is 10.0. The van der Waals surface area contributed by atoms with Crippen molar-refractivity contribution in [2.45, 2.75) is 189 Å². The zero-order chi connectivity index (χ0) is 63.2. The second kappa shape index (κ2) is 38.6. The summed E-state index contributed by atoms with van der Waals surface area (Å²) in [5.41, 5.74) is -0.477. The molecule has 0 spiro atoms. The molecule has 20 heteroatoms. The van der Waals surface area contributed by atoms with E-state index in [2.05, 4.69) is 0 Å². The number of carbonyl (C=O) groups excluding carboxylic acids is 4. The number of phenolic OH excluding ortho intramolecular Hbond substituents is 8. The van der Waals surface area contributed by atoms with Crippen LogP contribution in [-0.2, 0) is 0 Å². The Morgan fingerprint density at radius 2 is 0.741 bits per heavy atom. The SMILES string of the molecule is CCCCCC(=O)c1c(O)cc(OC2CCCC2)c(Cl)c1O.CCCCCC(=O)c1c(O)cc(OCC)c(Cl)c1O.CCCCCC(=O)c1c(O)cc(OCCCC)c(Cl)c1O.CCCCCC(=O)c1c(O)cc(Oc2ccccc2)c(Cl)c1O. The molecule has 468 valence electrons. The Hall–Kier alpha value is -6.46. The van der Waals surface area contributed by atoms with Gasteiger partial charge >= 0.3 is 0 Å². The average Bonchev–Trinajstić information content (AvgIpc) is 3.91. The third-order valence-corrected chi connectivity index (χ3v) is 15.0. The van der Waals surface area contributed by atoms with Crippen LogP contribution in [0.2, 0.25) is 20.1 Å². The topological polar surface area (TPSA) is 267 Å². The Morgan fingerprint density at radius 3 is 1.09 bits per heavy atom. The molecule has 1 saturated carbocycles. The van der Waals surface area contributed by atoms with Crippen LogP contribution < -0.4 is 18.9 Å². The number of benzene rings is 5. The molecule has 0 aromatic heterocycles. The highest BCUT2D eigenvalue weighted by molar-refractivity contribution is 6.35. The zero-order valence-electron chi connectivity index (χ0n) is 49.6. The van der Waals surface area contributed by atoms with Gasteiger partial charge in [0, 0.05) is 49.9 Å².